The van der Waals surface area contributed by atoms with E-state index in [9.17, 15) is 4.79 Å². The number of rotatable bonds is 5. The molecule has 3 heteroatoms. The van der Waals surface area contributed by atoms with E-state index in [0.717, 1.165) is 6.54 Å². The molecule has 1 aromatic rings. The van der Waals surface area contributed by atoms with Gasteiger partial charge in [-0.15, -0.1) is 0 Å². The van der Waals surface area contributed by atoms with Crippen LogP contribution >= 0.6 is 0 Å². The number of hydrogen-bond donors (Lipinski definition) is 1. The molecule has 3 nitrogen and oxygen atoms in total. The number of nitrogens with one attached hydrogen (secondary N) is 1. The molecule has 1 aromatic carbocycles. The molecule has 17 heavy (non-hydrogen) atoms. The summed E-state index contributed by atoms with van der Waals surface area (Å²) in [6.45, 7) is 7.19. The van der Waals surface area contributed by atoms with Crippen molar-refractivity contribution in [2.75, 3.05) is 20.1 Å². The second-order valence-corrected chi connectivity index (χ2v) is 4.26. The number of benzene rings is 1. The van der Waals surface area contributed by atoms with E-state index in [2.05, 4.69) is 24.4 Å². The highest BCUT2D eigenvalue weighted by atomic mass is 16.2. The molecule has 0 aliphatic rings. The predicted octanol–water partition coefficient (Wildman–Crippen LogP) is 2.12. The summed E-state index contributed by atoms with van der Waals surface area (Å²) in [4.78, 5) is 13.3. The minimum atomic E-state index is 0.126. The van der Waals surface area contributed by atoms with E-state index in [1.807, 2.05) is 31.0 Å². The number of carbonyl (C=O) groups is 1. The van der Waals surface area contributed by atoms with Gasteiger partial charge in [0.15, 0.2) is 0 Å². The van der Waals surface area contributed by atoms with Crippen LogP contribution < -0.4 is 5.32 Å². The maximum Gasteiger partial charge on any atom is 0.219 e. The van der Waals surface area contributed by atoms with Gasteiger partial charge in [-0.3, -0.25) is 4.79 Å². The summed E-state index contributed by atoms with van der Waals surface area (Å²) < 4.78 is 0. The van der Waals surface area contributed by atoms with E-state index in [1.165, 1.54) is 11.1 Å². The van der Waals surface area contributed by atoms with Crippen molar-refractivity contribution >= 4 is 5.91 Å². The van der Waals surface area contributed by atoms with Crippen LogP contribution in [-0.4, -0.2) is 30.9 Å². The van der Waals surface area contributed by atoms with E-state index < -0.39 is 0 Å². The zero-order chi connectivity index (χ0) is 12.8. The van der Waals surface area contributed by atoms with Crippen LogP contribution in [0.2, 0.25) is 0 Å². The molecule has 0 aliphatic carbocycles. The standard InChI is InChI=1S/C14H22N2O/c1-5-16(12(3)17)10-14(15-4)13-9-7-6-8-11(13)2/h6-9,14-15H,5,10H2,1-4H3. The van der Waals surface area contributed by atoms with Crippen molar-refractivity contribution < 1.29 is 4.79 Å². The lowest BCUT2D eigenvalue weighted by atomic mass is 10.0. The number of carbonyl (C=O) groups excluding carboxylic acids is 1. The van der Waals surface area contributed by atoms with Crippen molar-refractivity contribution in [1.29, 1.82) is 0 Å². The van der Waals surface area contributed by atoms with Crippen LogP contribution in [0.25, 0.3) is 0 Å². The Morgan fingerprint density at radius 1 is 1.41 bits per heavy atom. The zero-order valence-electron chi connectivity index (χ0n) is 11.2. The number of amides is 1. The summed E-state index contributed by atoms with van der Waals surface area (Å²) in [5.41, 5.74) is 2.51. The first-order valence-electron chi connectivity index (χ1n) is 6.08. The first-order chi connectivity index (χ1) is 8.10. The van der Waals surface area contributed by atoms with Gasteiger partial charge in [-0.1, -0.05) is 24.3 Å². The molecule has 1 atom stereocenters. The summed E-state index contributed by atoms with van der Waals surface area (Å²) in [6, 6.07) is 8.49. The highest BCUT2D eigenvalue weighted by molar-refractivity contribution is 5.73. The van der Waals surface area contributed by atoms with Gasteiger partial charge in [0.1, 0.15) is 0 Å². The lowest BCUT2D eigenvalue weighted by molar-refractivity contribution is -0.129. The molecule has 0 radical (unpaired) electrons. The van der Waals surface area contributed by atoms with Crippen molar-refractivity contribution in [3.05, 3.63) is 35.4 Å². The third kappa shape index (κ3) is 3.56. The maximum atomic E-state index is 11.4. The van der Waals surface area contributed by atoms with Gasteiger partial charge in [0.05, 0.1) is 0 Å². The second-order valence-electron chi connectivity index (χ2n) is 4.26. The Morgan fingerprint density at radius 3 is 2.53 bits per heavy atom. The Labute approximate surface area is 104 Å². The molecule has 0 aliphatic heterocycles. The smallest absolute Gasteiger partial charge is 0.219 e. The Kier molecular flexibility index (Phi) is 5.16. The van der Waals surface area contributed by atoms with Crippen LogP contribution in [0.4, 0.5) is 0 Å². The van der Waals surface area contributed by atoms with Crippen LogP contribution in [0.15, 0.2) is 24.3 Å². The Hall–Kier alpha value is -1.35. The van der Waals surface area contributed by atoms with Gasteiger partial charge in [0.2, 0.25) is 5.91 Å². The van der Waals surface area contributed by atoms with Gasteiger partial charge >= 0.3 is 0 Å². The van der Waals surface area contributed by atoms with Crippen LogP contribution in [0.5, 0.6) is 0 Å². The van der Waals surface area contributed by atoms with E-state index in [-0.39, 0.29) is 11.9 Å². The number of nitrogens with zero attached hydrogens (tertiary/aromatic N) is 1. The zero-order valence-corrected chi connectivity index (χ0v) is 11.2. The molecule has 94 valence electrons. The van der Waals surface area contributed by atoms with Gasteiger partial charge < -0.3 is 10.2 Å². The van der Waals surface area contributed by atoms with Crippen LogP contribution in [0.1, 0.15) is 31.0 Å². The third-order valence-electron chi connectivity index (χ3n) is 3.14. The molecule has 0 saturated carbocycles. The summed E-state index contributed by atoms with van der Waals surface area (Å²) >= 11 is 0. The van der Waals surface area contributed by atoms with Crippen molar-refractivity contribution in [2.24, 2.45) is 0 Å². The quantitative estimate of drug-likeness (QED) is 0.846. The summed E-state index contributed by atoms with van der Waals surface area (Å²) in [5.74, 6) is 0.126. The van der Waals surface area contributed by atoms with Gasteiger partial charge in [0, 0.05) is 26.1 Å². The van der Waals surface area contributed by atoms with E-state index in [0.29, 0.717) is 6.54 Å². The first kappa shape index (κ1) is 13.7. The van der Waals surface area contributed by atoms with Crippen LogP contribution in [-0.2, 0) is 4.79 Å². The SMILES string of the molecule is CCN(CC(NC)c1ccccc1C)C(C)=O. The Bertz CT molecular complexity index is 376. The van der Waals surface area contributed by atoms with Gasteiger partial charge in [-0.2, -0.15) is 0 Å². The molecule has 1 amide bonds. The fourth-order valence-corrected chi connectivity index (χ4v) is 2.02. The number of likely N-dealkylation sites (N-methyl/N-ethyl adjacent to an activating group) is 2. The highest BCUT2D eigenvalue weighted by Gasteiger charge is 2.16. The second kappa shape index (κ2) is 6.40. The van der Waals surface area contributed by atoms with E-state index in [1.54, 1.807) is 6.92 Å². The van der Waals surface area contributed by atoms with Crippen molar-refractivity contribution in [1.82, 2.24) is 10.2 Å². The van der Waals surface area contributed by atoms with Crippen molar-refractivity contribution in [2.45, 2.75) is 26.8 Å². The molecule has 0 heterocycles. The normalized spacial score (nSPS) is 12.2. The fourth-order valence-electron chi connectivity index (χ4n) is 2.02. The van der Waals surface area contributed by atoms with Crippen molar-refractivity contribution in [3.8, 4) is 0 Å². The van der Waals surface area contributed by atoms with Gasteiger partial charge in [0.25, 0.3) is 0 Å². The lowest BCUT2D eigenvalue weighted by Gasteiger charge is -2.26. The third-order valence-corrected chi connectivity index (χ3v) is 3.14. The average molecular weight is 234 g/mol. The maximum absolute atomic E-state index is 11.4. The highest BCUT2D eigenvalue weighted by Crippen LogP contribution is 2.18. The first-order valence-corrected chi connectivity index (χ1v) is 6.08. The molecular weight excluding hydrogens is 212 g/mol. The van der Waals surface area contributed by atoms with Crippen LogP contribution in [0.3, 0.4) is 0 Å². The largest absolute Gasteiger partial charge is 0.341 e. The lowest BCUT2D eigenvalue weighted by Crippen LogP contribution is -2.37. The Morgan fingerprint density at radius 2 is 2.06 bits per heavy atom. The minimum Gasteiger partial charge on any atom is -0.341 e. The minimum absolute atomic E-state index is 0.126. The van der Waals surface area contributed by atoms with Crippen LogP contribution in [0, 0.1) is 6.92 Å². The summed E-state index contributed by atoms with van der Waals surface area (Å²) in [5, 5.41) is 3.28. The number of aryl methyl sites for hydroxylation is 1. The molecule has 1 unspecified atom stereocenters. The molecule has 0 spiro atoms. The molecular formula is C14H22N2O. The van der Waals surface area contributed by atoms with Gasteiger partial charge in [-0.25, -0.2) is 0 Å². The van der Waals surface area contributed by atoms with E-state index in [4.69, 9.17) is 0 Å². The monoisotopic (exact) mass is 234 g/mol. The predicted molar refractivity (Wildman–Crippen MR) is 70.9 cm³/mol. The molecule has 1 rings (SSSR count). The van der Waals surface area contributed by atoms with Crippen molar-refractivity contribution in [3.63, 3.8) is 0 Å². The average Bonchev–Trinajstić information content (AvgIpc) is 2.31. The molecule has 1 N–H and O–H groups in total. The van der Waals surface area contributed by atoms with Gasteiger partial charge in [-0.05, 0) is 32.0 Å². The fraction of sp³-hybridized carbons (Fsp3) is 0.500. The molecule has 0 bridgehead atoms. The number of hydrogen-bond acceptors (Lipinski definition) is 2. The molecule has 0 saturated heterocycles. The topological polar surface area (TPSA) is 32.3 Å². The van der Waals surface area contributed by atoms with E-state index >= 15 is 0 Å². The summed E-state index contributed by atoms with van der Waals surface area (Å²) in [7, 11) is 1.94. The Balaban J connectivity index is 2.85. The molecule has 0 fully saturated rings. The molecule has 0 aromatic heterocycles. The summed E-state index contributed by atoms with van der Waals surface area (Å²) in [6.07, 6.45) is 0.